The average Bonchev–Trinajstić information content (AvgIpc) is 3.39. The SMILES string of the molecule is Cn1cc(C(F)(F)C(F)(F)F)cc(Nc2nc3ncc(Oc4cnn5ccncc45)c(Cl)c3n2C)c1=O. The molecule has 0 saturated carbocycles. The van der Waals surface area contributed by atoms with Crippen LogP contribution in [0.3, 0.4) is 0 Å². The zero-order valence-corrected chi connectivity index (χ0v) is 19.5. The quantitative estimate of drug-likeness (QED) is 0.326. The van der Waals surface area contributed by atoms with Crippen molar-refractivity contribution < 1.29 is 26.7 Å². The summed E-state index contributed by atoms with van der Waals surface area (Å²) in [5.41, 5.74) is -1.95. The Morgan fingerprint density at radius 1 is 1.08 bits per heavy atom. The van der Waals surface area contributed by atoms with Gasteiger partial charge in [0.25, 0.3) is 5.56 Å². The molecule has 0 bridgehead atoms. The third-order valence-corrected chi connectivity index (χ3v) is 5.83. The minimum atomic E-state index is -5.86. The first-order chi connectivity index (χ1) is 17.4. The molecule has 0 aliphatic carbocycles. The van der Waals surface area contributed by atoms with Crippen molar-refractivity contribution in [3.63, 3.8) is 0 Å². The molecule has 0 aromatic carbocycles. The summed E-state index contributed by atoms with van der Waals surface area (Å²) in [6, 6.07) is 0.429. The molecule has 0 saturated heterocycles. The van der Waals surface area contributed by atoms with Crippen molar-refractivity contribution in [1.29, 1.82) is 0 Å². The van der Waals surface area contributed by atoms with Crippen molar-refractivity contribution in [3.8, 4) is 11.5 Å². The molecular weight excluding hydrogens is 527 g/mol. The van der Waals surface area contributed by atoms with Crippen molar-refractivity contribution in [2.24, 2.45) is 14.1 Å². The van der Waals surface area contributed by atoms with Crippen molar-refractivity contribution in [2.75, 3.05) is 5.32 Å². The van der Waals surface area contributed by atoms with E-state index in [9.17, 15) is 26.7 Å². The minimum absolute atomic E-state index is 0.0709. The number of alkyl halides is 5. The van der Waals surface area contributed by atoms with E-state index in [2.05, 4.69) is 25.4 Å². The molecule has 0 spiro atoms. The maximum Gasteiger partial charge on any atom is 0.458 e. The number of pyridine rings is 2. The van der Waals surface area contributed by atoms with Crippen molar-refractivity contribution in [3.05, 3.63) is 64.2 Å². The number of halogens is 6. The summed E-state index contributed by atoms with van der Waals surface area (Å²) in [6.45, 7) is 0. The van der Waals surface area contributed by atoms with E-state index in [0.717, 1.165) is 7.05 Å². The topological polar surface area (TPSA) is 104 Å². The lowest BCUT2D eigenvalue weighted by Gasteiger charge is -2.21. The molecule has 0 aliphatic heterocycles. The molecule has 0 unspecified atom stereocenters. The van der Waals surface area contributed by atoms with E-state index >= 15 is 0 Å². The summed E-state index contributed by atoms with van der Waals surface area (Å²) in [5, 5.41) is 6.71. The van der Waals surface area contributed by atoms with E-state index in [1.54, 1.807) is 12.4 Å². The summed E-state index contributed by atoms with van der Waals surface area (Å²) in [4.78, 5) is 24.9. The molecule has 5 rings (SSSR count). The van der Waals surface area contributed by atoms with Gasteiger partial charge in [-0.05, 0) is 6.07 Å². The molecule has 5 heterocycles. The minimum Gasteiger partial charge on any atom is -0.450 e. The Hall–Kier alpha value is -4.27. The Morgan fingerprint density at radius 2 is 1.84 bits per heavy atom. The Morgan fingerprint density at radius 3 is 2.57 bits per heavy atom. The van der Waals surface area contributed by atoms with Crippen LogP contribution < -0.4 is 15.6 Å². The molecule has 1 N–H and O–H groups in total. The highest BCUT2D eigenvalue weighted by molar-refractivity contribution is 6.36. The largest absolute Gasteiger partial charge is 0.458 e. The Balaban J connectivity index is 1.54. The van der Waals surface area contributed by atoms with Crippen LogP contribution >= 0.6 is 11.6 Å². The van der Waals surface area contributed by atoms with Crippen LogP contribution in [-0.4, -0.2) is 39.9 Å². The fourth-order valence-corrected chi connectivity index (χ4v) is 3.86. The van der Waals surface area contributed by atoms with Gasteiger partial charge in [-0.3, -0.25) is 9.78 Å². The standard InChI is InChI=1S/C21H14ClF5N8O2/c1-33-9-10(20(23,24)21(25,26)27)5-11(18(33)36)31-19-32-17-16(34(19)2)15(22)14(7-29-17)37-13-8-30-35-4-3-28-6-12(13)35/h3-9H,1-2H3,(H,29,31,32). The van der Waals surface area contributed by atoms with Gasteiger partial charge in [-0.2, -0.15) is 32.0 Å². The lowest BCUT2D eigenvalue weighted by Crippen LogP contribution is -2.35. The van der Waals surface area contributed by atoms with Gasteiger partial charge in [0.15, 0.2) is 17.1 Å². The third kappa shape index (κ3) is 4.00. The molecule has 192 valence electrons. The molecular formula is C21H14ClF5N8O2. The number of anilines is 2. The zero-order valence-electron chi connectivity index (χ0n) is 18.8. The Kier molecular flexibility index (Phi) is 5.54. The van der Waals surface area contributed by atoms with E-state index in [4.69, 9.17) is 16.3 Å². The van der Waals surface area contributed by atoms with E-state index in [0.29, 0.717) is 28.1 Å². The van der Waals surface area contributed by atoms with Gasteiger partial charge < -0.3 is 19.2 Å². The van der Waals surface area contributed by atoms with E-state index < -0.39 is 28.9 Å². The second kappa shape index (κ2) is 8.40. The number of nitrogens with zero attached hydrogens (tertiary/aromatic N) is 7. The van der Waals surface area contributed by atoms with Crippen LogP contribution in [-0.2, 0) is 20.0 Å². The first-order valence-electron chi connectivity index (χ1n) is 10.3. The van der Waals surface area contributed by atoms with Gasteiger partial charge in [0.1, 0.15) is 21.7 Å². The molecule has 16 heteroatoms. The monoisotopic (exact) mass is 540 g/mol. The number of ether oxygens (including phenoxy) is 1. The summed E-state index contributed by atoms with van der Waals surface area (Å²) in [7, 11) is 2.53. The summed E-state index contributed by atoms with van der Waals surface area (Å²) < 4.78 is 75.9. The number of hydrogen-bond acceptors (Lipinski definition) is 7. The molecule has 0 atom stereocenters. The first kappa shape index (κ1) is 24.4. The summed E-state index contributed by atoms with van der Waals surface area (Å²) >= 11 is 6.54. The van der Waals surface area contributed by atoms with Crippen LogP contribution in [0.25, 0.3) is 16.7 Å². The molecule has 0 fully saturated rings. The number of nitrogens with one attached hydrogen (secondary N) is 1. The van der Waals surface area contributed by atoms with Gasteiger partial charge in [-0.25, -0.2) is 9.50 Å². The van der Waals surface area contributed by atoms with Crippen LogP contribution in [0.5, 0.6) is 11.5 Å². The van der Waals surface area contributed by atoms with Crippen LogP contribution in [0.2, 0.25) is 5.02 Å². The fourth-order valence-electron chi connectivity index (χ4n) is 3.56. The maximum atomic E-state index is 14.0. The highest BCUT2D eigenvalue weighted by Crippen LogP contribution is 2.44. The second-order valence-electron chi connectivity index (χ2n) is 7.88. The molecule has 0 radical (unpaired) electrons. The predicted molar refractivity (Wildman–Crippen MR) is 121 cm³/mol. The lowest BCUT2D eigenvalue weighted by atomic mass is 10.1. The molecule has 10 nitrogen and oxygen atoms in total. The molecule has 37 heavy (non-hydrogen) atoms. The molecule has 0 amide bonds. The Labute approximate surface area is 207 Å². The van der Waals surface area contributed by atoms with Crippen molar-refractivity contribution in [1.82, 2.24) is 33.7 Å². The number of imidazole rings is 1. The van der Waals surface area contributed by atoms with Gasteiger partial charge in [0.05, 0.1) is 18.6 Å². The lowest BCUT2D eigenvalue weighted by molar-refractivity contribution is -0.289. The van der Waals surface area contributed by atoms with Crippen molar-refractivity contribution >= 4 is 39.9 Å². The first-order valence-corrected chi connectivity index (χ1v) is 10.6. The molecule has 5 aromatic rings. The summed E-state index contributed by atoms with van der Waals surface area (Å²) in [5.74, 6) is -4.81. The highest BCUT2D eigenvalue weighted by atomic mass is 35.5. The highest BCUT2D eigenvalue weighted by Gasteiger charge is 2.59. The predicted octanol–water partition coefficient (Wildman–Crippen LogP) is 4.55. The van der Waals surface area contributed by atoms with E-state index in [1.807, 2.05) is 0 Å². The zero-order chi connectivity index (χ0) is 26.7. The smallest absolute Gasteiger partial charge is 0.450 e. The van der Waals surface area contributed by atoms with Gasteiger partial charge in [0, 0.05) is 38.2 Å². The second-order valence-corrected chi connectivity index (χ2v) is 8.25. The maximum absolute atomic E-state index is 14.0. The number of hydrogen-bond donors (Lipinski definition) is 1. The normalized spacial score (nSPS) is 12.4. The molecule has 0 aliphatic rings. The van der Waals surface area contributed by atoms with Gasteiger partial charge in [-0.1, -0.05) is 11.6 Å². The van der Waals surface area contributed by atoms with Gasteiger partial charge >= 0.3 is 12.1 Å². The number of aromatic nitrogens is 7. The summed E-state index contributed by atoms with van der Waals surface area (Å²) in [6.07, 6.45) is 2.01. The van der Waals surface area contributed by atoms with Crippen LogP contribution in [0, 0.1) is 0 Å². The fraction of sp³-hybridized carbons (Fsp3) is 0.190. The van der Waals surface area contributed by atoms with Gasteiger partial charge in [-0.15, -0.1) is 0 Å². The third-order valence-electron chi connectivity index (χ3n) is 5.46. The number of aryl methyl sites for hydroxylation is 2. The van der Waals surface area contributed by atoms with E-state index in [1.165, 1.54) is 34.7 Å². The average molecular weight is 541 g/mol. The molecule has 5 aromatic heterocycles. The number of fused-ring (bicyclic) bond motifs is 2. The number of rotatable bonds is 5. The van der Waals surface area contributed by atoms with Gasteiger partial charge in [0.2, 0.25) is 5.95 Å². The van der Waals surface area contributed by atoms with E-state index in [-0.39, 0.29) is 27.9 Å². The van der Waals surface area contributed by atoms with Crippen LogP contribution in [0.1, 0.15) is 5.56 Å². The Bertz CT molecular complexity index is 1730. The van der Waals surface area contributed by atoms with Crippen molar-refractivity contribution in [2.45, 2.75) is 12.1 Å². The van der Waals surface area contributed by atoms with Crippen LogP contribution in [0.15, 0.2) is 48.0 Å². The van der Waals surface area contributed by atoms with Crippen LogP contribution in [0.4, 0.5) is 33.6 Å².